The molecule has 0 heterocycles. The van der Waals surface area contributed by atoms with Crippen LogP contribution in [0.25, 0.3) is 5.57 Å². The minimum atomic E-state index is -1.05. The number of carbonyl (C=O) groups is 1. The number of carboxylic acids is 1. The average Bonchev–Trinajstić information content (AvgIpc) is 2.15. The zero-order chi connectivity index (χ0) is 9.68. The van der Waals surface area contributed by atoms with E-state index in [9.17, 15) is 9.90 Å². The smallest absolute Gasteiger partial charge is 0.550 e. The van der Waals surface area contributed by atoms with Crippen molar-refractivity contribution >= 4 is 11.5 Å². The molecule has 0 aliphatic heterocycles. The van der Waals surface area contributed by atoms with Gasteiger partial charge in [0.2, 0.25) is 0 Å². The second kappa shape index (κ2) is 6.60. The van der Waals surface area contributed by atoms with Gasteiger partial charge in [0.25, 0.3) is 0 Å². The van der Waals surface area contributed by atoms with Gasteiger partial charge in [-0.25, -0.2) is 0 Å². The first-order valence-electron chi connectivity index (χ1n) is 4.12. The first kappa shape index (κ1) is 13.2. The second-order valence-electron chi connectivity index (χ2n) is 2.83. The summed E-state index contributed by atoms with van der Waals surface area (Å²) in [5.41, 5.74) is 2.01. The predicted octanol–water partition coefficient (Wildman–Crippen LogP) is 1.23. The van der Waals surface area contributed by atoms with Crippen molar-refractivity contribution in [3.05, 3.63) is 42.0 Å². The number of benzene rings is 1. The van der Waals surface area contributed by atoms with Gasteiger partial charge in [-0.15, -0.1) is 0 Å². The molecule has 0 unspecified atom stereocenters. The maximum atomic E-state index is 10.2. The van der Waals surface area contributed by atoms with Crippen LogP contribution in [0.3, 0.4) is 0 Å². The van der Waals surface area contributed by atoms with E-state index in [1.54, 1.807) is 6.08 Å². The molecule has 14 heavy (non-hydrogen) atoms. The third kappa shape index (κ3) is 4.42. The van der Waals surface area contributed by atoms with Crippen molar-refractivity contribution in [1.29, 1.82) is 0 Å². The van der Waals surface area contributed by atoms with E-state index in [-0.39, 0.29) is 28.8 Å². The molecule has 0 aromatic heterocycles. The van der Waals surface area contributed by atoms with Gasteiger partial charge in [-0.1, -0.05) is 36.4 Å². The molecule has 1 aromatic carbocycles. The summed E-state index contributed by atoms with van der Waals surface area (Å²) in [6.45, 7) is 1.89. The van der Waals surface area contributed by atoms with Crippen molar-refractivity contribution in [2.75, 3.05) is 0 Å². The first-order chi connectivity index (χ1) is 6.20. The minimum absolute atomic E-state index is 0. The maximum Gasteiger partial charge on any atom is 1.00 e. The zero-order valence-electron chi connectivity index (χ0n) is 7.79. The Labute approximate surface area is 99.2 Å². The molecule has 0 aliphatic carbocycles. The molecule has 78 valence electrons. The molecular weight excluding hydrogens is 272 g/mol. The molecular formula is C11H11AgO2. The van der Waals surface area contributed by atoms with E-state index in [1.165, 1.54) is 0 Å². The quantitative estimate of drug-likeness (QED) is 0.783. The molecule has 0 N–H and O–H groups in total. The van der Waals surface area contributed by atoms with Crippen LogP contribution < -0.4 is 5.11 Å². The molecule has 0 fully saturated rings. The van der Waals surface area contributed by atoms with Crippen LogP contribution in [0.15, 0.2) is 36.4 Å². The van der Waals surface area contributed by atoms with Crippen LogP contribution in [0.4, 0.5) is 0 Å². The van der Waals surface area contributed by atoms with E-state index in [0.29, 0.717) is 0 Å². The Morgan fingerprint density at radius 3 is 2.43 bits per heavy atom. The first-order valence-corrected chi connectivity index (χ1v) is 4.12. The summed E-state index contributed by atoms with van der Waals surface area (Å²) in [5.74, 6) is -1.05. The Hall–Kier alpha value is -0.830. The molecule has 0 bridgehead atoms. The van der Waals surface area contributed by atoms with Crippen LogP contribution in [0.5, 0.6) is 0 Å². The molecule has 0 spiro atoms. The number of aliphatic carboxylic acids is 1. The number of carbonyl (C=O) groups excluding carboxylic acids is 1. The van der Waals surface area contributed by atoms with E-state index in [2.05, 4.69) is 0 Å². The number of hydrogen-bond acceptors (Lipinski definition) is 2. The standard InChI is InChI=1S/C11H12O2.Ag/c1-9(7-8-11(12)13)10-5-3-2-4-6-10;/h2-7H,8H2,1H3,(H,12,13);/q;+1/p-1/b9-7+;. The monoisotopic (exact) mass is 282 g/mol. The van der Waals surface area contributed by atoms with Crippen LogP contribution in [0, 0.1) is 0 Å². The van der Waals surface area contributed by atoms with Crippen molar-refractivity contribution in [3.8, 4) is 0 Å². The van der Waals surface area contributed by atoms with Crippen molar-refractivity contribution in [2.45, 2.75) is 13.3 Å². The van der Waals surface area contributed by atoms with Crippen LogP contribution in [0.1, 0.15) is 18.9 Å². The van der Waals surface area contributed by atoms with Gasteiger partial charge < -0.3 is 9.90 Å². The molecule has 0 aliphatic rings. The van der Waals surface area contributed by atoms with Crippen molar-refractivity contribution in [1.82, 2.24) is 0 Å². The van der Waals surface area contributed by atoms with E-state index >= 15 is 0 Å². The van der Waals surface area contributed by atoms with E-state index < -0.39 is 5.97 Å². The minimum Gasteiger partial charge on any atom is -0.550 e. The summed E-state index contributed by atoms with van der Waals surface area (Å²) in [6, 6.07) is 9.66. The van der Waals surface area contributed by atoms with Gasteiger partial charge in [0.15, 0.2) is 0 Å². The predicted molar refractivity (Wildman–Crippen MR) is 49.7 cm³/mol. The summed E-state index contributed by atoms with van der Waals surface area (Å²) in [5, 5.41) is 10.2. The molecule has 1 rings (SSSR count). The summed E-state index contributed by atoms with van der Waals surface area (Å²) in [7, 11) is 0. The molecule has 0 atom stereocenters. The Morgan fingerprint density at radius 2 is 1.93 bits per heavy atom. The van der Waals surface area contributed by atoms with Crippen molar-refractivity contribution in [2.24, 2.45) is 0 Å². The number of hydrogen-bond donors (Lipinski definition) is 0. The number of allylic oxidation sites excluding steroid dienone is 1. The van der Waals surface area contributed by atoms with Gasteiger partial charge in [-0.05, 0) is 18.1 Å². The third-order valence-corrected chi connectivity index (χ3v) is 1.80. The average molecular weight is 283 g/mol. The van der Waals surface area contributed by atoms with Gasteiger partial charge in [-0.2, -0.15) is 0 Å². The molecule has 0 radical (unpaired) electrons. The Morgan fingerprint density at radius 1 is 1.36 bits per heavy atom. The van der Waals surface area contributed by atoms with Crippen molar-refractivity contribution < 1.29 is 32.3 Å². The Balaban J connectivity index is 0.00000169. The van der Waals surface area contributed by atoms with Gasteiger partial charge >= 0.3 is 22.4 Å². The number of rotatable bonds is 3. The fourth-order valence-corrected chi connectivity index (χ4v) is 1.06. The fraction of sp³-hybridized carbons (Fsp3) is 0.182. The van der Waals surface area contributed by atoms with E-state index in [4.69, 9.17) is 0 Å². The topological polar surface area (TPSA) is 40.1 Å². The van der Waals surface area contributed by atoms with Crippen LogP contribution in [-0.2, 0) is 27.2 Å². The molecule has 0 saturated carbocycles. The van der Waals surface area contributed by atoms with Gasteiger partial charge in [0, 0.05) is 12.4 Å². The van der Waals surface area contributed by atoms with Gasteiger partial charge in [0.05, 0.1) is 0 Å². The fourth-order valence-electron chi connectivity index (χ4n) is 1.06. The van der Waals surface area contributed by atoms with Crippen LogP contribution >= 0.6 is 0 Å². The summed E-state index contributed by atoms with van der Waals surface area (Å²) < 4.78 is 0. The normalized spacial score (nSPS) is 10.5. The summed E-state index contributed by atoms with van der Waals surface area (Å²) in [4.78, 5) is 10.2. The SMILES string of the molecule is C/C(=C\CC(=O)[O-])c1ccccc1.[Ag+]. The third-order valence-electron chi connectivity index (χ3n) is 1.80. The Kier molecular flexibility index (Phi) is 6.21. The summed E-state index contributed by atoms with van der Waals surface area (Å²) >= 11 is 0. The molecule has 0 saturated heterocycles. The van der Waals surface area contributed by atoms with Gasteiger partial charge in [0.1, 0.15) is 0 Å². The van der Waals surface area contributed by atoms with E-state index in [0.717, 1.165) is 11.1 Å². The molecule has 3 heteroatoms. The largest absolute Gasteiger partial charge is 1.00 e. The molecule has 2 nitrogen and oxygen atoms in total. The van der Waals surface area contributed by atoms with Crippen LogP contribution in [0.2, 0.25) is 0 Å². The molecule has 1 aromatic rings. The van der Waals surface area contributed by atoms with Crippen LogP contribution in [-0.4, -0.2) is 5.97 Å². The van der Waals surface area contributed by atoms with Gasteiger partial charge in [-0.3, -0.25) is 0 Å². The summed E-state index contributed by atoms with van der Waals surface area (Å²) in [6.07, 6.45) is 1.63. The Bertz CT molecular complexity index is 317. The molecule has 0 amide bonds. The van der Waals surface area contributed by atoms with Crippen molar-refractivity contribution in [3.63, 3.8) is 0 Å². The van der Waals surface area contributed by atoms with E-state index in [1.807, 2.05) is 37.3 Å². The number of carboxylic acid groups (broad SMARTS) is 1. The maximum absolute atomic E-state index is 10.2. The zero-order valence-corrected chi connectivity index (χ0v) is 9.27. The second-order valence-corrected chi connectivity index (χ2v) is 2.83.